The third-order valence-electron chi connectivity index (χ3n) is 4.26. The highest BCUT2D eigenvalue weighted by atomic mass is 16.3. The van der Waals surface area contributed by atoms with Crippen molar-refractivity contribution in [2.24, 2.45) is 0 Å². The van der Waals surface area contributed by atoms with Gasteiger partial charge in [-0.3, -0.25) is 4.79 Å². The number of carbonyl (C=O) groups excluding carboxylic acids is 1. The van der Waals surface area contributed by atoms with E-state index in [0.717, 1.165) is 42.8 Å². The zero-order valence-electron chi connectivity index (χ0n) is 12.3. The normalized spacial score (nSPS) is 23.4. The topological polar surface area (TPSA) is 54.3 Å². The second kappa shape index (κ2) is 5.78. The molecule has 2 N–H and O–H groups in total. The highest BCUT2D eigenvalue weighted by Crippen LogP contribution is 2.22. The molecule has 2 rings (SSSR count). The molecule has 4 nitrogen and oxygen atoms in total. The average molecular weight is 264 g/mol. The molecule has 0 aromatic carbocycles. The largest absolute Gasteiger partial charge is 0.466 e. The van der Waals surface area contributed by atoms with Gasteiger partial charge in [-0.15, -0.1) is 0 Å². The van der Waals surface area contributed by atoms with E-state index in [1.54, 1.807) is 0 Å². The molecular weight excluding hydrogens is 240 g/mol. The molecule has 0 radical (unpaired) electrons. The quantitative estimate of drug-likeness (QED) is 0.881. The van der Waals surface area contributed by atoms with Crippen LogP contribution >= 0.6 is 0 Å². The second-order valence-corrected chi connectivity index (χ2v) is 5.53. The van der Waals surface area contributed by atoms with Gasteiger partial charge in [0.2, 0.25) is 0 Å². The Morgan fingerprint density at radius 3 is 2.11 bits per heavy atom. The maximum Gasteiger partial charge on any atom is 0.255 e. The molecule has 4 heteroatoms. The molecule has 0 spiro atoms. The molecule has 1 aliphatic rings. The lowest BCUT2D eigenvalue weighted by Gasteiger charge is -2.28. The number of amides is 1. The predicted octanol–water partition coefficient (Wildman–Crippen LogP) is 2.47. The molecule has 1 amide bonds. The molecule has 1 aromatic heterocycles. The first-order valence-electron chi connectivity index (χ1n) is 7.07. The van der Waals surface area contributed by atoms with Crippen molar-refractivity contribution in [3.8, 4) is 0 Å². The number of nitrogens with one attached hydrogen (secondary N) is 2. The fraction of sp³-hybridized carbons (Fsp3) is 0.667. The Morgan fingerprint density at radius 1 is 1.05 bits per heavy atom. The second-order valence-electron chi connectivity index (χ2n) is 5.53. The SMILES string of the molecule is CNC1CCC(NC(=O)c2c(C)oc(C)c2C)CC1. The maximum atomic E-state index is 12.3. The van der Waals surface area contributed by atoms with Gasteiger partial charge in [0.15, 0.2) is 0 Å². The molecule has 106 valence electrons. The minimum Gasteiger partial charge on any atom is -0.466 e. The van der Waals surface area contributed by atoms with Crippen LogP contribution in [0.15, 0.2) is 4.42 Å². The number of furan rings is 1. The van der Waals surface area contributed by atoms with Gasteiger partial charge >= 0.3 is 0 Å². The van der Waals surface area contributed by atoms with Crippen LogP contribution in [0.2, 0.25) is 0 Å². The summed E-state index contributed by atoms with van der Waals surface area (Å²) < 4.78 is 5.52. The molecule has 1 aliphatic carbocycles. The summed E-state index contributed by atoms with van der Waals surface area (Å²) >= 11 is 0. The molecule has 1 saturated carbocycles. The van der Waals surface area contributed by atoms with Crippen LogP contribution in [0.1, 0.15) is 53.1 Å². The van der Waals surface area contributed by atoms with Gasteiger partial charge < -0.3 is 15.1 Å². The van der Waals surface area contributed by atoms with E-state index in [2.05, 4.69) is 10.6 Å². The Hall–Kier alpha value is -1.29. The molecule has 19 heavy (non-hydrogen) atoms. The van der Waals surface area contributed by atoms with Crippen molar-refractivity contribution < 1.29 is 9.21 Å². The van der Waals surface area contributed by atoms with Gasteiger partial charge in [-0.25, -0.2) is 0 Å². The van der Waals surface area contributed by atoms with E-state index in [1.807, 2.05) is 27.8 Å². The summed E-state index contributed by atoms with van der Waals surface area (Å²) in [6.07, 6.45) is 4.35. The van der Waals surface area contributed by atoms with Crippen LogP contribution in [0.4, 0.5) is 0 Å². The summed E-state index contributed by atoms with van der Waals surface area (Å²) in [4.78, 5) is 12.3. The highest BCUT2D eigenvalue weighted by molar-refractivity contribution is 5.97. The lowest BCUT2D eigenvalue weighted by atomic mass is 9.91. The van der Waals surface area contributed by atoms with Crippen LogP contribution < -0.4 is 10.6 Å². The number of hydrogen-bond donors (Lipinski definition) is 2. The summed E-state index contributed by atoms with van der Waals surface area (Å²) in [7, 11) is 2.00. The maximum absolute atomic E-state index is 12.3. The van der Waals surface area contributed by atoms with Crippen molar-refractivity contribution in [1.82, 2.24) is 10.6 Å². The zero-order valence-corrected chi connectivity index (χ0v) is 12.3. The van der Waals surface area contributed by atoms with E-state index in [4.69, 9.17) is 4.42 Å². The molecular formula is C15H24N2O2. The molecule has 0 atom stereocenters. The van der Waals surface area contributed by atoms with Crippen LogP contribution in [0.25, 0.3) is 0 Å². The van der Waals surface area contributed by atoms with Crippen LogP contribution in [-0.2, 0) is 0 Å². The van der Waals surface area contributed by atoms with E-state index >= 15 is 0 Å². The smallest absolute Gasteiger partial charge is 0.255 e. The average Bonchev–Trinajstić information content (AvgIpc) is 2.64. The molecule has 1 aromatic rings. The summed E-state index contributed by atoms with van der Waals surface area (Å²) in [6, 6.07) is 0.902. The minimum atomic E-state index is 0.0137. The van der Waals surface area contributed by atoms with Crippen molar-refractivity contribution in [3.63, 3.8) is 0 Å². The van der Waals surface area contributed by atoms with Crippen LogP contribution in [0.5, 0.6) is 0 Å². The first kappa shape index (κ1) is 14.1. The summed E-state index contributed by atoms with van der Waals surface area (Å²) in [5.41, 5.74) is 1.67. The predicted molar refractivity (Wildman–Crippen MR) is 75.5 cm³/mol. The molecule has 0 saturated heterocycles. The summed E-state index contributed by atoms with van der Waals surface area (Å²) in [5, 5.41) is 6.45. The fourth-order valence-electron chi connectivity index (χ4n) is 2.91. The van der Waals surface area contributed by atoms with E-state index in [1.165, 1.54) is 0 Å². The standard InChI is InChI=1S/C15H24N2O2/c1-9-10(2)19-11(3)14(9)15(18)17-13-7-5-12(16-4)6-8-13/h12-13,16H,5-8H2,1-4H3,(H,17,18). The molecule has 0 unspecified atom stereocenters. The zero-order chi connectivity index (χ0) is 14.0. The van der Waals surface area contributed by atoms with Crippen molar-refractivity contribution >= 4 is 5.91 Å². The highest BCUT2D eigenvalue weighted by Gasteiger charge is 2.24. The Labute approximate surface area is 114 Å². The monoisotopic (exact) mass is 264 g/mol. The molecule has 1 fully saturated rings. The Kier molecular flexibility index (Phi) is 4.30. The minimum absolute atomic E-state index is 0.0137. The van der Waals surface area contributed by atoms with Gasteiger partial charge in [-0.1, -0.05) is 0 Å². The van der Waals surface area contributed by atoms with E-state index < -0.39 is 0 Å². The van der Waals surface area contributed by atoms with E-state index in [-0.39, 0.29) is 5.91 Å². The van der Waals surface area contributed by atoms with Crippen molar-refractivity contribution in [1.29, 1.82) is 0 Å². The van der Waals surface area contributed by atoms with Gasteiger partial charge in [0, 0.05) is 17.6 Å². The lowest BCUT2D eigenvalue weighted by molar-refractivity contribution is 0.0922. The van der Waals surface area contributed by atoms with Gasteiger partial charge in [0.05, 0.1) is 5.56 Å². The number of rotatable bonds is 3. The van der Waals surface area contributed by atoms with Crippen molar-refractivity contribution in [2.75, 3.05) is 7.05 Å². The Morgan fingerprint density at radius 2 is 1.63 bits per heavy atom. The molecule has 0 aliphatic heterocycles. The third kappa shape index (κ3) is 3.00. The summed E-state index contributed by atoms with van der Waals surface area (Å²) in [5.74, 6) is 1.57. The van der Waals surface area contributed by atoms with Gasteiger partial charge in [0.25, 0.3) is 5.91 Å². The van der Waals surface area contributed by atoms with E-state index in [0.29, 0.717) is 17.6 Å². The van der Waals surface area contributed by atoms with Crippen LogP contribution in [0, 0.1) is 20.8 Å². The summed E-state index contributed by atoms with van der Waals surface area (Å²) in [6.45, 7) is 5.70. The first-order valence-corrected chi connectivity index (χ1v) is 7.07. The number of hydrogen-bond acceptors (Lipinski definition) is 3. The van der Waals surface area contributed by atoms with Crippen molar-refractivity contribution in [2.45, 2.75) is 58.5 Å². The van der Waals surface area contributed by atoms with Crippen LogP contribution in [-0.4, -0.2) is 25.0 Å². The third-order valence-corrected chi connectivity index (χ3v) is 4.26. The molecule has 1 heterocycles. The Balaban J connectivity index is 1.98. The van der Waals surface area contributed by atoms with Gasteiger partial charge in [-0.05, 0) is 53.5 Å². The van der Waals surface area contributed by atoms with Gasteiger partial charge in [-0.2, -0.15) is 0 Å². The van der Waals surface area contributed by atoms with E-state index in [9.17, 15) is 4.79 Å². The molecule has 0 bridgehead atoms. The number of aryl methyl sites for hydroxylation is 2. The number of carbonyl (C=O) groups is 1. The van der Waals surface area contributed by atoms with Crippen molar-refractivity contribution in [3.05, 3.63) is 22.6 Å². The Bertz CT molecular complexity index is 457. The lowest BCUT2D eigenvalue weighted by Crippen LogP contribution is -2.41. The first-order chi connectivity index (χ1) is 9.02. The van der Waals surface area contributed by atoms with Gasteiger partial charge in [0.1, 0.15) is 11.5 Å². The van der Waals surface area contributed by atoms with Crippen LogP contribution in [0.3, 0.4) is 0 Å². The fourth-order valence-corrected chi connectivity index (χ4v) is 2.91.